The van der Waals surface area contributed by atoms with Gasteiger partial charge in [0.05, 0.1) is 17.6 Å². The van der Waals surface area contributed by atoms with Crippen LogP contribution in [0, 0.1) is 16.7 Å². The molecule has 2 bridgehead atoms. The molecule has 2 aliphatic rings. The summed E-state index contributed by atoms with van der Waals surface area (Å²) in [7, 11) is -2.56. The molecule has 132 valence electrons. The molecule has 2 saturated carbocycles. The van der Waals surface area contributed by atoms with Gasteiger partial charge in [-0.2, -0.15) is 0 Å². The molecule has 0 aliphatic heterocycles. The Bertz CT molecular complexity index is 766. The highest BCUT2D eigenvalue weighted by atomic mass is 32.2. The first kappa shape index (κ1) is 17.4. The van der Waals surface area contributed by atoms with Crippen molar-refractivity contribution in [1.29, 1.82) is 0 Å². The lowest BCUT2D eigenvalue weighted by Gasteiger charge is -2.42. The van der Waals surface area contributed by atoms with Crippen molar-refractivity contribution in [2.24, 2.45) is 16.7 Å². The third-order valence-electron chi connectivity index (χ3n) is 6.12. The molecule has 1 aromatic carbocycles. The predicted molar refractivity (Wildman–Crippen MR) is 91.1 cm³/mol. The summed E-state index contributed by atoms with van der Waals surface area (Å²) in [6, 6.07) is 6.05. The second-order valence-corrected chi connectivity index (χ2v) is 9.64. The topological polar surface area (TPSA) is 72.5 Å². The Morgan fingerprint density at radius 1 is 1.25 bits per heavy atom. The molecule has 2 aliphatic carbocycles. The molecular weight excluding hydrogens is 326 g/mol. The van der Waals surface area contributed by atoms with E-state index in [1.807, 2.05) is 0 Å². The zero-order valence-corrected chi connectivity index (χ0v) is 15.4. The Labute approximate surface area is 143 Å². The minimum Gasteiger partial charge on any atom is -0.465 e. The molecule has 1 aromatic rings. The maximum absolute atomic E-state index is 13.0. The average molecular weight is 351 g/mol. The van der Waals surface area contributed by atoms with Gasteiger partial charge >= 0.3 is 5.97 Å². The molecule has 3 unspecified atom stereocenters. The fraction of sp³-hybridized carbons (Fsp3) is 0.611. The van der Waals surface area contributed by atoms with Gasteiger partial charge in [0.2, 0.25) is 10.0 Å². The van der Waals surface area contributed by atoms with E-state index in [-0.39, 0.29) is 27.3 Å². The van der Waals surface area contributed by atoms with E-state index in [1.54, 1.807) is 12.1 Å². The molecule has 2 fully saturated rings. The number of fused-ring (bicyclic) bond motifs is 2. The Morgan fingerprint density at radius 2 is 1.92 bits per heavy atom. The maximum atomic E-state index is 13.0. The van der Waals surface area contributed by atoms with Crippen molar-refractivity contribution in [1.82, 2.24) is 4.72 Å². The van der Waals surface area contributed by atoms with Gasteiger partial charge in [0.1, 0.15) is 0 Å². The van der Waals surface area contributed by atoms with Gasteiger partial charge in [-0.25, -0.2) is 17.9 Å². The van der Waals surface area contributed by atoms with Gasteiger partial charge in [-0.05, 0) is 48.1 Å². The molecule has 1 N–H and O–H groups in total. The number of nitrogens with one attached hydrogen (secondary N) is 1. The molecule has 0 spiro atoms. The standard InChI is InChI=1S/C18H25NO4S/c1-17(2)12-9-10-18(3,11-12)16(17)19-24(21,22)14-8-6-5-7-13(14)15(20)23-4/h5-8,12,16,19H,9-11H2,1-4H3. The minimum atomic E-state index is -3.81. The molecule has 0 amide bonds. The van der Waals surface area contributed by atoms with Crippen LogP contribution in [0.3, 0.4) is 0 Å². The largest absolute Gasteiger partial charge is 0.465 e. The fourth-order valence-electron chi connectivity index (χ4n) is 4.79. The van der Waals surface area contributed by atoms with Crippen molar-refractivity contribution in [3.63, 3.8) is 0 Å². The zero-order valence-electron chi connectivity index (χ0n) is 14.6. The predicted octanol–water partition coefficient (Wildman–Crippen LogP) is 2.97. The van der Waals surface area contributed by atoms with E-state index in [9.17, 15) is 13.2 Å². The van der Waals surface area contributed by atoms with Crippen LogP contribution < -0.4 is 4.72 Å². The number of benzene rings is 1. The Balaban J connectivity index is 1.98. The first-order valence-corrected chi connectivity index (χ1v) is 9.80. The van der Waals surface area contributed by atoms with Crippen LogP contribution in [0.2, 0.25) is 0 Å². The molecule has 0 heterocycles. The number of sulfonamides is 1. The molecular formula is C18H25NO4S. The van der Waals surface area contributed by atoms with Crippen molar-refractivity contribution >= 4 is 16.0 Å². The maximum Gasteiger partial charge on any atom is 0.339 e. The van der Waals surface area contributed by atoms with Crippen molar-refractivity contribution in [2.45, 2.75) is 51.0 Å². The van der Waals surface area contributed by atoms with E-state index >= 15 is 0 Å². The monoisotopic (exact) mass is 351 g/mol. The third kappa shape index (κ3) is 2.56. The van der Waals surface area contributed by atoms with Crippen LogP contribution in [0.5, 0.6) is 0 Å². The highest BCUT2D eigenvalue weighted by Crippen LogP contribution is 2.62. The van der Waals surface area contributed by atoms with E-state index in [0.29, 0.717) is 5.92 Å². The van der Waals surface area contributed by atoms with Crippen LogP contribution in [0.15, 0.2) is 29.2 Å². The van der Waals surface area contributed by atoms with Gasteiger partial charge in [-0.15, -0.1) is 0 Å². The average Bonchev–Trinajstić information content (AvgIpc) is 3.02. The summed E-state index contributed by atoms with van der Waals surface area (Å²) < 4.78 is 33.7. The van der Waals surface area contributed by atoms with Crippen molar-refractivity contribution < 1.29 is 17.9 Å². The second-order valence-electron chi connectivity index (χ2n) is 7.96. The van der Waals surface area contributed by atoms with Crippen LogP contribution in [-0.2, 0) is 14.8 Å². The summed E-state index contributed by atoms with van der Waals surface area (Å²) in [6.45, 7) is 6.45. The Hall–Kier alpha value is -1.40. The summed E-state index contributed by atoms with van der Waals surface area (Å²) in [5.74, 6) is -0.111. The molecule has 3 atom stereocenters. The number of hydrogen-bond donors (Lipinski definition) is 1. The third-order valence-corrected chi connectivity index (χ3v) is 7.61. The number of ether oxygens (including phenoxy) is 1. The lowest BCUT2D eigenvalue weighted by atomic mass is 9.69. The summed E-state index contributed by atoms with van der Waals surface area (Å²) in [6.07, 6.45) is 3.24. The van der Waals surface area contributed by atoms with E-state index in [1.165, 1.54) is 19.2 Å². The number of methoxy groups -OCH3 is 1. The van der Waals surface area contributed by atoms with Gasteiger partial charge in [0, 0.05) is 6.04 Å². The Kier molecular flexibility index (Phi) is 4.04. The molecule has 0 saturated heterocycles. The molecule has 5 nitrogen and oxygen atoms in total. The van der Waals surface area contributed by atoms with E-state index in [2.05, 4.69) is 25.5 Å². The van der Waals surface area contributed by atoms with Gasteiger partial charge < -0.3 is 4.74 Å². The van der Waals surface area contributed by atoms with Crippen LogP contribution in [0.25, 0.3) is 0 Å². The van der Waals surface area contributed by atoms with Crippen LogP contribution >= 0.6 is 0 Å². The SMILES string of the molecule is COC(=O)c1ccccc1S(=O)(=O)NC1C2(C)CCC(C2)C1(C)C. The summed E-state index contributed by atoms with van der Waals surface area (Å²) in [5.41, 5.74) is -0.0551. The van der Waals surface area contributed by atoms with Crippen molar-refractivity contribution in [3.05, 3.63) is 29.8 Å². The molecule has 0 radical (unpaired) electrons. The van der Waals surface area contributed by atoms with E-state index in [0.717, 1.165) is 19.3 Å². The quantitative estimate of drug-likeness (QED) is 0.847. The van der Waals surface area contributed by atoms with Gasteiger partial charge in [-0.3, -0.25) is 0 Å². The smallest absolute Gasteiger partial charge is 0.339 e. The summed E-state index contributed by atoms with van der Waals surface area (Å²) >= 11 is 0. The summed E-state index contributed by atoms with van der Waals surface area (Å²) in [4.78, 5) is 11.9. The molecule has 3 rings (SSSR count). The number of carbonyl (C=O) groups is 1. The van der Waals surface area contributed by atoms with E-state index in [4.69, 9.17) is 4.74 Å². The molecule has 24 heavy (non-hydrogen) atoms. The number of rotatable bonds is 4. The number of carbonyl (C=O) groups excluding carboxylic acids is 1. The van der Waals surface area contributed by atoms with Crippen molar-refractivity contribution in [3.8, 4) is 0 Å². The Morgan fingerprint density at radius 3 is 2.50 bits per heavy atom. The number of hydrogen-bond acceptors (Lipinski definition) is 4. The van der Waals surface area contributed by atoms with Gasteiger partial charge in [-0.1, -0.05) is 32.9 Å². The fourth-order valence-corrected chi connectivity index (χ4v) is 6.52. The lowest BCUT2D eigenvalue weighted by Crippen LogP contribution is -2.52. The van der Waals surface area contributed by atoms with Gasteiger partial charge in [0.15, 0.2) is 0 Å². The lowest BCUT2D eigenvalue weighted by molar-refractivity contribution is 0.0596. The van der Waals surface area contributed by atoms with Crippen molar-refractivity contribution in [2.75, 3.05) is 7.11 Å². The molecule has 6 heteroatoms. The first-order valence-electron chi connectivity index (χ1n) is 8.31. The van der Waals surface area contributed by atoms with Crippen LogP contribution in [-0.4, -0.2) is 27.5 Å². The second kappa shape index (κ2) is 5.56. The first-order chi connectivity index (χ1) is 11.1. The van der Waals surface area contributed by atoms with Crippen LogP contribution in [0.1, 0.15) is 50.4 Å². The summed E-state index contributed by atoms with van der Waals surface area (Å²) in [5, 5.41) is 0. The minimum absolute atomic E-state index is 0.0148. The molecule has 0 aromatic heterocycles. The normalized spacial score (nSPS) is 31.2. The highest BCUT2D eigenvalue weighted by Gasteiger charge is 2.60. The van der Waals surface area contributed by atoms with Gasteiger partial charge in [0.25, 0.3) is 0 Å². The van der Waals surface area contributed by atoms with E-state index < -0.39 is 16.0 Å². The van der Waals surface area contributed by atoms with Crippen LogP contribution in [0.4, 0.5) is 0 Å². The number of esters is 1. The highest BCUT2D eigenvalue weighted by molar-refractivity contribution is 7.89. The zero-order chi connectivity index (χ0) is 17.8.